The van der Waals surface area contributed by atoms with Gasteiger partial charge in [-0.3, -0.25) is 4.90 Å². The van der Waals surface area contributed by atoms with Crippen LogP contribution in [0.2, 0.25) is 0 Å². The lowest BCUT2D eigenvalue weighted by molar-refractivity contribution is 0.162. The van der Waals surface area contributed by atoms with Gasteiger partial charge in [-0.1, -0.05) is 30.3 Å². The zero-order chi connectivity index (χ0) is 19.6. The van der Waals surface area contributed by atoms with E-state index < -0.39 is 10.0 Å². The number of hydrogen-bond donors (Lipinski definition) is 1. The third kappa shape index (κ3) is 3.87. The van der Waals surface area contributed by atoms with E-state index in [-0.39, 0.29) is 5.03 Å². The number of nitrogens with zero attached hydrogens (tertiary/aromatic N) is 3. The highest BCUT2D eigenvalue weighted by atomic mass is 32.2. The largest absolute Gasteiger partial charge is 0.308 e. The van der Waals surface area contributed by atoms with Gasteiger partial charge in [0.2, 0.25) is 0 Å². The molecule has 148 valence electrons. The SMILES string of the molecule is N=Cc1ccc(-c2cccc(S(=O)(=O)N3CCCC(N4CCCC4)C3)n2)cc1. The first-order valence-electron chi connectivity index (χ1n) is 9.90. The Morgan fingerprint density at radius 1 is 1.00 bits per heavy atom. The predicted molar refractivity (Wildman–Crippen MR) is 110 cm³/mol. The third-order valence-electron chi connectivity index (χ3n) is 5.72. The summed E-state index contributed by atoms with van der Waals surface area (Å²) in [5, 5.41) is 7.41. The summed E-state index contributed by atoms with van der Waals surface area (Å²) >= 11 is 0. The minimum Gasteiger partial charge on any atom is -0.308 e. The molecule has 1 unspecified atom stereocenters. The van der Waals surface area contributed by atoms with Gasteiger partial charge >= 0.3 is 0 Å². The van der Waals surface area contributed by atoms with E-state index >= 15 is 0 Å². The summed E-state index contributed by atoms with van der Waals surface area (Å²) in [4.78, 5) is 6.91. The summed E-state index contributed by atoms with van der Waals surface area (Å²) in [7, 11) is -3.61. The van der Waals surface area contributed by atoms with Crippen LogP contribution in [0.15, 0.2) is 47.5 Å². The number of aromatic nitrogens is 1. The van der Waals surface area contributed by atoms with Crippen molar-refractivity contribution < 1.29 is 8.42 Å². The second kappa shape index (κ2) is 8.11. The van der Waals surface area contributed by atoms with Crippen molar-refractivity contribution in [2.75, 3.05) is 26.2 Å². The Bertz CT molecular complexity index is 937. The number of likely N-dealkylation sites (tertiary alicyclic amines) is 1. The van der Waals surface area contributed by atoms with Gasteiger partial charge in [-0.15, -0.1) is 0 Å². The minimum atomic E-state index is -3.61. The monoisotopic (exact) mass is 398 g/mol. The molecule has 4 rings (SSSR count). The Morgan fingerprint density at radius 2 is 1.75 bits per heavy atom. The van der Waals surface area contributed by atoms with Gasteiger partial charge in [-0.2, -0.15) is 4.31 Å². The summed E-state index contributed by atoms with van der Waals surface area (Å²) in [5.74, 6) is 0. The van der Waals surface area contributed by atoms with E-state index in [2.05, 4.69) is 9.88 Å². The van der Waals surface area contributed by atoms with Crippen LogP contribution in [0.4, 0.5) is 0 Å². The molecule has 0 aliphatic carbocycles. The topological polar surface area (TPSA) is 77.4 Å². The molecule has 28 heavy (non-hydrogen) atoms. The lowest BCUT2D eigenvalue weighted by Gasteiger charge is -2.36. The minimum absolute atomic E-state index is 0.114. The van der Waals surface area contributed by atoms with E-state index in [1.165, 1.54) is 19.1 Å². The van der Waals surface area contributed by atoms with Gasteiger partial charge in [0.15, 0.2) is 5.03 Å². The van der Waals surface area contributed by atoms with Crippen LogP contribution in [0.1, 0.15) is 31.2 Å². The maximum atomic E-state index is 13.2. The summed E-state index contributed by atoms with van der Waals surface area (Å²) in [6.07, 6.45) is 5.67. The molecule has 0 saturated carbocycles. The van der Waals surface area contributed by atoms with Crippen LogP contribution in [0.3, 0.4) is 0 Å². The molecule has 2 aromatic rings. The lowest BCUT2D eigenvalue weighted by Crippen LogP contribution is -2.49. The summed E-state index contributed by atoms with van der Waals surface area (Å²) in [6.45, 7) is 3.28. The fourth-order valence-electron chi connectivity index (χ4n) is 4.15. The number of benzene rings is 1. The van der Waals surface area contributed by atoms with Crippen molar-refractivity contribution in [3.63, 3.8) is 0 Å². The Morgan fingerprint density at radius 3 is 2.46 bits per heavy atom. The first-order chi connectivity index (χ1) is 13.6. The van der Waals surface area contributed by atoms with E-state index in [4.69, 9.17) is 5.41 Å². The smallest absolute Gasteiger partial charge is 0.260 e. The molecule has 1 aromatic carbocycles. The average Bonchev–Trinajstić information content (AvgIpc) is 3.29. The summed E-state index contributed by atoms with van der Waals surface area (Å²) in [6, 6.07) is 12.9. The summed E-state index contributed by atoms with van der Waals surface area (Å²) in [5.41, 5.74) is 2.27. The Balaban J connectivity index is 1.57. The van der Waals surface area contributed by atoms with Crippen molar-refractivity contribution in [2.45, 2.75) is 36.8 Å². The molecule has 1 aromatic heterocycles. The zero-order valence-corrected chi connectivity index (χ0v) is 16.7. The van der Waals surface area contributed by atoms with Gasteiger partial charge in [-0.05, 0) is 56.5 Å². The first-order valence-corrected chi connectivity index (χ1v) is 11.3. The van der Waals surface area contributed by atoms with Gasteiger partial charge in [0, 0.05) is 30.9 Å². The van der Waals surface area contributed by atoms with E-state index in [1.54, 1.807) is 16.4 Å². The molecule has 2 aliphatic heterocycles. The molecule has 0 amide bonds. The van der Waals surface area contributed by atoms with Crippen LogP contribution in [0.5, 0.6) is 0 Å². The molecule has 1 atom stereocenters. The normalized spacial score (nSPS) is 21.6. The molecule has 7 heteroatoms. The van der Waals surface area contributed by atoms with Crippen molar-refractivity contribution >= 4 is 16.2 Å². The van der Waals surface area contributed by atoms with Gasteiger partial charge in [-0.25, -0.2) is 13.4 Å². The van der Waals surface area contributed by atoms with Crippen LogP contribution in [-0.4, -0.2) is 61.0 Å². The van der Waals surface area contributed by atoms with Crippen LogP contribution in [0.25, 0.3) is 11.3 Å². The molecule has 2 fully saturated rings. The Kier molecular flexibility index (Phi) is 5.57. The van der Waals surface area contributed by atoms with E-state index in [1.807, 2.05) is 30.3 Å². The fourth-order valence-corrected chi connectivity index (χ4v) is 5.61. The molecule has 2 aliphatic rings. The predicted octanol–water partition coefficient (Wildman–Crippen LogP) is 3.00. The number of sulfonamides is 1. The molecule has 1 N–H and O–H groups in total. The summed E-state index contributed by atoms with van der Waals surface area (Å²) < 4.78 is 28.1. The highest BCUT2D eigenvalue weighted by Crippen LogP contribution is 2.26. The van der Waals surface area contributed by atoms with Crippen LogP contribution in [0, 0.1) is 5.41 Å². The first kappa shape index (κ1) is 19.2. The van der Waals surface area contributed by atoms with Crippen LogP contribution < -0.4 is 0 Å². The Hall–Kier alpha value is -2.09. The van der Waals surface area contributed by atoms with Crippen molar-refractivity contribution in [3.8, 4) is 11.3 Å². The molecule has 6 nitrogen and oxygen atoms in total. The quantitative estimate of drug-likeness (QED) is 0.786. The third-order valence-corrected chi connectivity index (χ3v) is 7.48. The molecule has 0 spiro atoms. The van der Waals surface area contributed by atoms with Gasteiger partial charge < -0.3 is 5.41 Å². The molecular formula is C21H26N4O2S. The number of piperidine rings is 1. The van der Waals surface area contributed by atoms with Crippen molar-refractivity contribution in [1.82, 2.24) is 14.2 Å². The molecular weight excluding hydrogens is 372 g/mol. The van der Waals surface area contributed by atoms with Gasteiger partial charge in [0.1, 0.15) is 0 Å². The second-order valence-electron chi connectivity index (χ2n) is 7.53. The lowest BCUT2D eigenvalue weighted by atomic mass is 10.1. The molecule has 3 heterocycles. The maximum absolute atomic E-state index is 13.2. The van der Waals surface area contributed by atoms with Crippen LogP contribution >= 0.6 is 0 Å². The van der Waals surface area contributed by atoms with E-state index in [9.17, 15) is 8.42 Å². The van der Waals surface area contributed by atoms with Crippen molar-refractivity contribution in [2.24, 2.45) is 0 Å². The highest BCUT2D eigenvalue weighted by molar-refractivity contribution is 7.89. The van der Waals surface area contributed by atoms with Gasteiger partial charge in [0.05, 0.1) is 5.69 Å². The second-order valence-corrected chi connectivity index (χ2v) is 9.41. The number of rotatable bonds is 5. The van der Waals surface area contributed by atoms with Crippen LogP contribution in [-0.2, 0) is 10.0 Å². The van der Waals surface area contributed by atoms with E-state index in [0.29, 0.717) is 24.8 Å². The Labute approximate surface area is 166 Å². The highest BCUT2D eigenvalue weighted by Gasteiger charge is 2.34. The maximum Gasteiger partial charge on any atom is 0.260 e. The van der Waals surface area contributed by atoms with Crippen molar-refractivity contribution in [3.05, 3.63) is 48.0 Å². The van der Waals surface area contributed by atoms with Gasteiger partial charge in [0.25, 0.3) is 10.0 Å². The molecule has 0 radical (unpaired) electrons. The number of pyridine rings is 1. The number of nitrogens with one attached hydrogen (secondary N) is 1. The standard InChI is InChI=1S/C21H26N4O2S/c22-15-17-8-10-18(11-9-17)20-6-3-7-21(23-20)28(26,27)25-14-4-5-19(16-25)24-12-1-2-13-24/h3,6-11,15,19,22H,1-2,4-5,12-14,16H2. The average molecular weight is 399 g/mol. The molecule has 0 bridgehead atoms. The molecule has 2 saturated heterocycles. The van der Waals surface area contributed by atoms with Crippen molar-refractivity contribution in [1.29, 1.82) is 5.41 Å². The number of hydrogen-bond acceptors (Lipinski definition) is 5. The van der Waals surface area contributed by atoms with E-state index in [0.717, 1.165) is 37.1 Å². The zero-order valence-electron chi connectivity index (χ0n) is 15.9. The fraction of sp³-hybridized carbons (Fsp3) is 0.429.